The fourth-order valence-electron chi connectivity index (χ4n) is 2.15. The third-order valence-electron chi connectivity index (χ3n) is 3.40. The maximum atomic E-state index is 12.9. The lowest BCUT2D eigenvalue weighted by atomic mass is 10.1. The van der Waals surface area contributed by atoms with Gasteiger partial charge in [0.05, 0.1) is 10.6 Å². The fraction of sp³-hybridized carbons (Fsp3) is 0.0588. The molecule has 1 aromatic heterocycles. The van der Waals surface area contributed by atoms with Gasteiger partial charge in [-0.3, -0.25) is 4.79 Å². The first-order chi connectivity index (χ1) is 12.2. The molecule has 0 spiro atoms. The first-order valence-corrected chi connectivity index (χ1v) is 7.52. The molecule has 0 aliphatic carbocycles. The van der Waals surface area contributed by atoms with Gasteiger partial charge >= 0.3 is 6.18 Å². The molecule has 0 saturated heterocycles. The highest BCUT2D eigenvalue weighted by Crippen LogP contribution is 2.36. The molecule has 0 bridgehead atoms. The Morgan fingerprint density at radius 2 is 1.77 bits per heavy atom. The van der Waals surface area contributed by atoms with Crippen LogP contribution in [0.2, 0.25) is 5.02 Å². The van der Waals surface area contributed by atoms with Crippen molar-refractivity contribution in [3.8, 4) is 11.3 Å². The molecule has 0 radical (unpaired) electrons. The van der Waals surface area contributed by atoms with E-state index in [1.54, 1.807) is 0 Å². The molecule has 0 fully saturated rings. The average molecular weight is 385 g/mol. The third kappa shape index (κ3) is 3.85. The third-order valence-corrected chi connectivity index (χ3v) is 3.73. The molecule has 0 saturated carbocycles. The zero-order valence-electron chi connectivity index (χ0n) is 12.8. The van der Waals surface area contributed by atoms with Crippen molar-refractivity contribution in [1.29, 1.82) is 0 Å². The lowest BCUT2D eigenvalue weighted by Crippen LogP contribution is -2.13. The molecule has 9 heteroatoms. The molecule has 1 heterocycles. The van der Waals surface area contributed by atoms with Gasteiger partial charge in [0.25, 0.3) is 5.91 Å². The molecular weight excluding hydrogens is 376 g/mol. The van der Waals surface area contributed by atoms with Gasteiger partial charge in [-0.25, -0.2) is 4.39 Å². The molecule has 1 N–H and O–H groups in total. The molecule has 0 unspecified atom stereocenters. The molecule has 4 nitrogen and oxygen atoms in total. The number of benzene rings is 2. The van der Waals surface area contributed by atoms with Crippen LogP contribution in [0.15, 0.2) is 53.1 Å². The standard InChI is InChI=1S/C17H9ClF4N2O2/c18-13-6-5-11(7-12(13)17(20,21)22)23-16(25)14-8-15(26-24-14)9-1-3-10(19)4-2-9/h1-8H,(H,23,25). The molecule has 3 rings (SSSR count). The number of nitrogens with one attached hydrogen (secondary N) is 1. The molecule has 3 aromatic rings. The second-order valence-electron chi connectivity index (χ2n) is 5.23. The molecule has 1 amide bonds. The largest absolute Gasteiger partial charge is 0.417 e. The van der Waals surface area contributed by atoms with E-state index in [4.69, 9.17) is 16.1 Å². The van der Waals surface area contributed by atoms with Crippen molar-refractivity contribution in [2.75, 3.05) is 5.32 Å². The minimum atomic E-state index is -4.65. The smallest absolute Gasteiger partial charge is 0.355 e. The number of carbonyl (C=O) groups is 1. The van der Waals surface area contributed by atoms with E-state index in [0.29, 0.717) is 5.56 Å². The van der Waals surface area contributed by atoms with Gasteiger partial charge in [-0.2, -0.15) is 13.2 Å². The zero-order chi connectivity index (χ0) is 18.9. The normalized spacial score (nSPS) is 11.4. The highest BCUT2D eigenvalue weighted by atomic mass is 35.5. The van der Waals surface area contributed by atoms with E-state index in [2.05, 4.69) is 10.5 Å². The summed E-state index contributed by atoms with van der Waals surface area (Å²) in [5.74, 6) is -0.991. The quantitative estimate of drug-likeness (QED) is 0.615. The predicted octanol–water partition coefficient (Wildman–Crippen LogP) is 5.41. The summed E-state index contributed by atoms with van der Waals surface area (Å²) < 4.78 is 56.5. The minimum absolute atomic E-state index is 0.0990. The Morgan fingerprint density at radius 1 is 1.08 bits per heavy atom. The Bertz CT molecular complexity index is 952. The van der Waals surface area contributed by atoms with Crippen LogP contribution >= 0.6 is 11.6 Å². The van der Waals surface area contributed by atoms with Crippen molar-refractivity contribution in [3.05, 3.63) is 70.6 Å². The van der Waals surface area contributed by atoms with Crippen LogP contribution in [0.25, 0.3) is 11.3 Å². The highest BCUT2D eigenvalue weighted by Gasteiger charge is 2.33. The molecule has 0 aliphatic rings. The maximum absolute atomic E-state index is 12.9. The van der Waals surface area contributed by atoms with E-state index in [1.807, 2.05) is 0 Å². The number of anilines is 1. The number of nitrogens with zero attached hydrogens (tertiary/aromatic N) is 1. The van der Waals surface area contributed by atoms with Crippen LogP contribution in [0.4, 0.5) is 23.2 Å². The van der Waals surface area contributed by atoms with E-state index in [9.17, 15) is 22.4 Å². The number of amides is 1. The lowest BCUT2D eigenvalue weighted by Gasteiger charge is -2.11. The Kier molecular flexibility index (Phi) is 4.69. The zero-order valence-corrected chi connectivity index (χ0v) is 13.5. The van der Waals surface area contributed by atoms with Gasteiger partial charge in [0.2, 0.25) is 0 Å². The summed E-state index contributed by atoms with van der Waals surface area (Å²) >= 11 is 5.53. The maximum Gasteiger partial charge on any atom is 0.417 e. The second kappa shape index (κ2) is 6.80. The summed E-state index contributed by atoms with van der Waals surface area (Å²) in [6, 6.07) is 9.58. The molecule has 134 valence electrons. The van der Waals surface area contributed by atoms with Gasteiger partial charge in [-0.15, -0.1) is 0 Å². The van der Waals surface area contributed by atoms with Gasteiger partial charge in [-0.1, -0.05) is 16.8 Å². The van der Waals surface area contributed by atoms with Gasteiger partial charge in [-0.05, 0) is 42.5 Å². The summed E-state index contributed by atoms with van der Waals surface area (Å²) in [4.78, 5) is 12.2. The van der Waals surface area contributed by atoms with E-state index in [1.165, 1.54) is 36.4 Å². The van der Waals surface area contributed by atoms with Crippen LogP contribution in [-0.4, -0.2) is 11.1 Å². The minimum Gasteiger partial charge on any atom is -0.355 e. The first-order valence-electron chi connectivity index (χ1n) is 7.15. The number of carbonyl (C=O) groups excluding carboxylic acids is 1. The molecule has 2 aromatic carbocycles. The Balaban J connectivity index is 1.80. The number of aromatic nitrogens is 1. The Labute approximate surface area is 149 Å². The van der Waals surface area contributed by atoms with Gasteiger partial charge in [0.15, 0.2) is 11.5 Å². The van der Waals surface area contributed by atoms with E-state index >= 15 is 0 Å². The topological polar surface area (TPSA) is 55.1 Å². The van der Waals surface area contributed by atoms with Crippen molar-refractivity contribution < 1.29 is 26.9 Å². The molecule has 0 atom stereocenters. The molecule has 26 heavy (non-hydrogen) atoms. The van der Waals surface area contributed by atoms with Gasteiger partial charge in [0.1, 0.15) is 5.82 Å². The van der Waals surface area contributed by atoms with Crippen molar-refractivity contribution in [2.45, 2.75) is 6.18 Å². The van der Waals surface area contributed by atoms with Crippen LogP contribution in [0, 0.1) is 5.82 Å². The van der Waals surface area contributed by atoms with Crippen LogP contribution in [0.1, 0.15) is 16.1 Å². The molecular formula is C17H9ClF4N2O2. The highest BCUT2D eigenvalue weighted by molar-refractivity contribution is 6.31. The fourth-order valence-corrected chi connectivity index (χ4v) is 2.37. The van der Waals surface area contributed by atoms with Crippen molar-refractivity contribution >= 4 is 23.2 Å². The summed E-state index contributed by atoms with van der Waals surface area (Å²) in [5.41, 5.74) is -0.821. The van der Waals surface area contributed by atoms with Crippen molar-refractivity contribution in [1.82, 2.24) is 5.16 Å². The van der Waals surface area contributed by atoms with E-state index in [-0.39, 0.29) is 17.1 Å². The van der Waals surface area contributed by atoms with Gasteiger partial charge in [0, 0.05) is 17.3 Å². The molecule has 0 aliphatic heterocycles. The number of rotatable bonds is 3. The number of halogens is 5. The van der Waals surface area contributed by atoms with Crippen LogP contribution in [-0.2, 0) is 6.18 Å². The predicted molar refractivity (Wildman–Crippen MR) is 86.3 cm³/mol. The number of hydrogen-bond donors (Lipinski definition) is 1. The monoisotopic (exact) mass is 384 g/mol. The van der Waals surface area contributed by atoms with Crippen molar-refractivity contribution in [2.24, 2.45) is 0 Å². The van der Waals surface area contributed by atoms with Crippen LogP contribution in [0.5, 0.6) is 0 Å². The number of hydrogen-bond acceptors (Lipinski definition) is 3. The summed E-state index contributed by atoms with van der Waals surface area (Å²) in [7, 11) is 0. The average Bonchev–Trinajstić information content (AvgIpc) is 3.06. The first kappa shape index (κ1) is 17.9. The summed E-state index contributed by atoms with van der Waals surface area (Å²) in [6.45, 7) is 0. The van der Waals surface area contributed by atoms with Gasteiger partial charge < -0.3 is 9.84 Å². The van der Waals surface area contributed by atoms with Crippen LogP contribution < -0.4 is 5.32 Å². The van der Waals surface area contributed by atoms with Crippen LogP contribution in [0.3, 0.4) is 0 Å². The van der Waals surface area contributed by atoms with E-state index < -0.39 is 28.5 Å². The summed E-state index contributed by atoms with van der Waals surface area (Å²) in [6.07, 6.45) is -4.65. The van der Waals surface area contributed by atoms with Crippen molar-refractivity contribution in [3.63, 3.8) is 0 Å². The summed E-state index contributed by atoms with van der Waals surface area (Å²) in [5, 5.41) is 5.39. The van der Waals surface area contributed by atoms with E-state index in [0.717, 1.165) is 12.1 Å². The SMILES string of the molecule is O=C(Nc1ccc(Cl)c(C(F)(F)F)c1)c1cc(-c2ccc(F)cc2)on1. The number of alkyl halides is 3. The lowest BCUT2D eigenvalue weighted by molar-refractivity contribution is -0.137. The Hall–Kier alpha value is -2.87. The Morgan fingerprint density at radius 3 is 2.42 bits per heavy atom. The second-order valence-corrected chi connectivity index (χ2v) is 5.64.